The van der Waals surface area contributed by atoms with Crippen molar-refractivity contribution in [3.8, 4) is 16.9 Å². The lowest BCUT2D eigenvalue weighted by Gasteiger charge is -2.09. The van der Waals surface area contributed by atoms with Crippen LogP contribution in [0.4, 0.5) is 5.69 Å². The normalized spacial score (nSPS) is 12.2. The first-order valence-electron chi connectivity index (χ1n) is 9.14. The first kappa shape index (κ1) is 19.4. The number of nitro benzene ring substituents is 1. The van der Waals surface area contributed by atoms with Crippen molar-refractivity contribution in [3.05, 3.63) is 105 Å². The minimum Gasteiger partial charge on any atom is -0.284 e. The zero-order valence-corrected chi connectivity index (χ0v) is 16.9. The summed E-state index contributed by atoms with van der Waals surface area (Å²) in [5, 5.41) is 22.0. The monoisotopic (exact) mass is 415 g/mol. The highest BCUT2D eigenvalue weighted by Gasteiger charge is 2.13. The topological polar surface area (TPSA) is 85.7 Å². The van der Waals surface area contributed by atoms with Crippen molar-refractivity contribution < 1.29 is 4.92 Å². The molecule has 0 bridgehead atoms. The third kappa shape index (κ3) is 4.08. The lowest BCUT2D eigenvalue weighted by atomic mass is 10.1. The molecular formula is C22H17N5O2S. The van der Waals surface area contributed by atoms with E-state index in [4.69, 9.17) is 0 Å². The molecule has 0 unspecified atom stereocenters. The molecule has 0 saturated heterocycles. The van der Waals surface area contributed by atoms with Gasteiger partial charge in [0.2, 0.25) is 4.80 Å². The van der Waals surface area contributed by atoms with Crippen LogP contribution in [0.3, 0.4) is 0 Å². The number of benzene rings is 2. The summed E-state index contributed by atoms with van der Waals surface area (Å²) in [6.45, 7) is 1.85. The quantitative estimate of drug-likeness (QED) is 0.266. The van der Waals surface area contributed by atoms with Gasteiger partial charge in [-0.3, -0.25) is 19.7 Å². The van der Waals surface area contributed by atoms with E-state index >= 15 is 0 Å². The van der Waals surface area contributed by atoms with Gasteiger partial charge in [0, 0.05) is 35.0 Å². The van der Waals surface area contributed by atoms with Gasteiger partial charge < -0.3 is 0 Å². The van der Waals surface area contributed by atoms with Crippen LogP contribution in [-0.4, -0.2) is 20.2 Å². The Balaban J connectivity index is 1.87. The summed E-state index contributed by atoms with van der Waals surface area (Å²) >= 11 is 1.42. The minimum atomic E-state index is -0.394. The number of aromatic nitrogens is 2. The molecule has 0 saturated carbocycles. The summed E-state index contributed by atoms with van der Waals surface area (Å²) < 4.78 is 1.94. The highest BCUT2D eigenvalue weighted by Crippen LogP contribution is 2.26. The molecule has 0 spiro atoms. The highest BCUT2D eigenvalue weighted by molar-refractivity contribution is 7.07. The molecule has 0 aliphatic heterocycles. The molecule has 0 fully saturated rings. The van der Waals surface area contributed by atoms with E-state index in [-0.39, 0.29) is 5.69 Å². The van der Waals surface area contributed by atoms with E-state index in [0.717, 1.165) is 22.6 Å². The second kappa shape index (κ2) is 8.62. The number of nitrogens with zero attached hydrogens (tertiary/aromatic N) is 5. The van der Waals surface area contributed by atoms with Gasteiger partial charge in [-0.1, -0.05) is 36.4 Å². The fraction of sp³-hybridized carbons (Fsp3) is 0.0455. The Kier molecular flexibility index (Phi) is 5.58. The molecule has 0 radical (unpaired) electrons. The van der Waals surface area contributed by atoms with Gasteiger partial charge in [-0.25, -0.2) is 0 Å². The zero-order chi connectivity index (χ0) is 20.9. The number of nitro groups is 1. The second-order valence-electron chi connectivity index (χ2n) is 6.38. The first-order chi connectivity index (χ1) is 14.6. The second-order valence-corrected chi connectivity index (χ2v) is 7.22. The molecule has 2 aromatic carbocycles. The van der Waals surface area contributed by atoms with Crippen LogP contribution in [0.15, 0.2) is 94.6 Å². The predicted molar refractivity (Wildman–Crippen MR) is 118 cm³/mol. The lowest BCUT2D eigenvalue weighted by molar-refractivity contribution is -0.384. The van der Waals surface area contributed by atoms with E-state index in [1.165, 1.54) is 17.4 Å². The number of hydrogen-bond donors (Lipinski definition) is 0. The summed E-state index contributed by atoms with van der Waals surface area (Å²) in [5.41, 5.74) is 3.92. The van der Waals surface area contributed by atoms with Crippen molar-refractivity contribution in [1.82, 2.24) is 9.55 Å². The Bertz CT molecular complexity index is 1280. The predicted octanol–water partition coefficient (Wildman–Crippen LogP) is 4.83. The van der Waals surface area contributed by atoms with Gasteiger partial charge >= 0.3 is 0 Å². The number of thiazole rings is 1. The van der Waals surface area contributed by atoms with E-state index in [1.807, 2.05) is 71.5 Å². The molecular weight excluding hydrogens is 398 g/mol. The summed E-state index contributed by atoms with van der Waals surface area (Å²) in [7, 11) is 0. The Morgan fingerprint density at radius 1 is 1.07 bits per heavy atom. The third-order valence-corrected chi connectivity index (χ3v) is 5.21. The van der Waals surface area contributed by atoms with Crippen molar-refractivity contribution >= 4 is 22.7 Å². The third-order valence-electron chi connectivity index (χ3n) is 4.40. The molecule has 0 aliphatic carbocycles. The molecule has 4 aromatic rings. The van der Waals surface area contributed by atoms with Gasteiger partial charge in [-0.2, -0.15) is 5.10 Å². The Morgan fingerprint density at radius 3 is 2.60 bits per heavy atom. The number of para-hydroxylation sites is 1. The van der Waals surface area contributed by atoms with Crippen LogP contribution in [0.5, 0.6) is 0 Å². The van der Waals surface area contributed by atoms with Crippen molar-refractivity contribution in [1.29, 1.82) is 0 Å². The van der Waals surface area contributed by atoms with Crippen molar-refractivity contribution in [2.75, 3.05) is 0 Å². The van der Waals surface area contributed by atoms with Gasteiger partial charge in [0.1, 0.15) is 0 Å². The van der Waals surface area contributed by atoms with Crippen LogP contribution in [-0.2, 0) is 0 Å². The van der Waals surface area contributed by atoms with E-state index < -0.39 is 4.92 Å². The fourth-order valence-electron chi connectivity index (χ4n) is 2.93. The van der Waals surface area contributed by atoms with Gasteiger partial charge in [0.15, 0.2) is 0 Å². The van der Waals surface area contributed by atoms with Crippen molar-refractivity contribution in [2.24, 2.45) is 10.2 Å². The molecule has 0 atom stereocenters. The van der Waals surface area contributed by atoms with E-state index in [2.05, 4.69) is 15.2 Å². The SMILES string of the molecule is C/C(=N\N=c1/scc(-c2cccc([N+](=O)[O-])c2)n1-c1ccccc1)c1ccccn1. The molecule has 8 heteroatoms. The Hall–Kier alpha value is -3.91. The van der Waals surface area contributed by atoms with Crippen molar-refractivity contribution in [3.63, 3.8) is 0 Å². The highest BCUT2D eigenvalue weighted by atomic mass is 32.1. The van der Waals surface area contributed by atoms with Crippen LogP contribution in [0.1, 0.15) is 12.6 Å². The largest absolute Gasteiger partial charge is 0.284 e. The molecule has 0 amide bonds. The van der Waals surface area contributed by atoms with Crippen LogP contribution >= 0.6 is 11.3 Å². The molecule has 148 valence electrons. The van der Waals surface area contributed by atoms with E-state index in [1.54, 1.807) is 18.3 Å². The average Bonchev–Trinajstić information content (AvgIpc) is 3.22. The summed E-state index contributed by atoms with van der Waals surface area (Å²) in [6, 6.07) is 21.9. The van der Waals surface area contributed by atoms with E-state index in [0.29, 0.717) is 10.5 Å². The summed E-state index contributed by atoms with van der Waals surface area (Å²) in [4.78, 5) is 15.8. The van der Waals surface area contributed by atoms with Gasteiger partial charge in [0.25, 0.3) is 5.69 Å². The summed E-state index contributed by atoms with van der Waals surface area (Å²) in [5.74, 6) is 0. The standard InChI is InChI=1S/C22H17N5O2S/c1-16(20-12-5-6-13-23-20)24-25-22-26(18-9-3-2-4-10-18)21(15-30-22)17-8-7-11-19(14-17)27(28)29/h2-15H,1H3/b24-16+,25-22-. The smallest absolute Gasteiger partial charge is 0.270 e. The molecule has 7 nitrogen and oxygen atoms in total. The van der Waals surface area contributed by atoms with Gasteiger partial charge in [-0.15, -0.1) is 16.4 Å². The summed E-state index contributed by atoms with van der Waals surface area (Å²) in [6.07, 6.45) is 1.71. The van der Waals surface area contributed by atoms with Gasteiger partial charge in [0.05, 0.1) is 22.0 Å². The molecule has 2 heterocycles. The maximum Gasteiger partial charge on any atom is 0.270 e. The molecule has 0 N–H and O–H groups in total. The van der Waals surface area contributed by atoms with Crippen LogP contribution in [0, 0.1) is 10.1 Å². The van der Waals surface area contributed by atoms with Crippen LogP contribution in [0.2, 0.25) is 0 Å². The van der Waals surface area contributed by atoms with Crippen LogP contribution < -0.4 is 4.80 Å². The maximum absolute atomic E-state index is 11.2. The molecule has 4 rings (SSSR count). The maximum atomic E-state index is 11.2. The van der Waals surface area contributed by atoms with E-state index in [9.17, 15) is 10.1 Å². The Morgan fingerprint density at radius 2 is 1.87 bits per heavy atom. The number of non-ortho nitro benzene ring substituents is 1. The molecule has 30 heavy (non-hydrogen) atoms. The van der Waals surface area contributed by atoms with Crippen LogP contribution in [0.25, 0.3) is 16.9 Å². The molecule has 2 aromatic heterocycles. The fourth-order valence-corrected chi connectivity index (χ4v) is 3.79. The molecule has 0 aliphatic rings. The van der Waals surface area contributed by atoms with Gasteiger partial charge in [-0.05, 0) is 31.2 Å². The number of rotatable bonds is 5. The number of hydrogen-bond acceptors (Lipinski definition) is 6. The lowest BCUT2D eigenvalue weighted by Crippen LogP contribution is -2.14. The minimum absolute atomic E-state index is 0.0424. The first-order valence-corrected chi connectivity index (χ1v) is 10.0. The Labute approximate surface area is 176 Å². The number of pyridine rings is 1. The van der Waals surface area contributed by atoms with Crippen molar-refractivity contribution in [2.45, 2.75) is 6.92 Å². The average molecular weight is 415 g/mol. The zero-order valence-electron chi connectivity index (χ0n) is 16.0.